The van der Waals surface area contributed by atoms with Gasteiger partial charge in [-0.25, -0.2) is 0 Å². The van der Waals surface area contributed by atoms with E-state index in [2.05, 4.69) is 5.32 Å². The second-order valence-corrected chi connectivity index (χ2v) is 4.57. The van der Waals surface area contributed by atoms with Gasteiger partial charge in [-0.05, 0) is 17.5 Å². The fraction of sp³-hybridized carbons (Fsp3) is 0.385. The van der Waals surface area contributed by atoms with Crippen molar-refractivity contribution < 1.29 is 4.79 Å². The summed E-state index contributed by atoms with van der Waals surface area (Å²) >= 11 is 5.97. The highest BCUT2D eigenvalue weighted by molar-refractivity contribution is 6.31. The number of halogens is 1. The van der Waals surface area contributed by atoms with Crippen molar-refractivity contribution in [3.63, 3.8) is 0 Å². The predicted molar refractivity (Wildman–Crippen MR) is 67.2 cm³/mol. The fourth-order valence-corrected chi connectivity index (χ4v) is 1.65. The number of carbonyl (C=O) groups excluding carboxylic acids is 1. The molecular formula is C13H15ClN2O. The number of nitriles is 1. The van der Waals surface area contributed by atoms with Crippen molar-refractivity contribution in [1.82, 2.24) is 5.32 Å². The molecule has 0 bridgehead atoms. The molecule has 1 amide bonds. The van der Waals surface area contributed by atoms with Gasteiger partial charge in [0.2, 0.25) is 5.91 Å². The Kier molecular flexibility index (Phi) is 4.99. The number of hydrogen-bond donors (Lipinski definition) is 1. The van der Waals surface area contributed by atoms with E-state index in [4.69, 9.17) is 16.9 Å². The Labute approximate surface area is 106 Å². The first kappa shape index (κ1) is 13.5. The molecule has 1 N–H and O–H groups in total. The van der Waals surface area contributed by atoms with Gasteiger partial charge in [-0.2, -0.15) is 5.26 Å². The van der Waals surface area contributed by atoms with Gasteiger partial charge in [0.1, 0.15) is 5.92 Å². The van der Waals surface area contributed by atoms with Gasteiger partial charge in [-0.1, -0.05) is 43.6 Å². The van der Waals surface area contributed by atoms with E-state index in [1.165, 1.54) is 0 Å². The molecule has 0 spiro atoms. The minimum Gasteiger partial charge on any atom is -0.351 e. The average Bonchev–Trinajstić information content (AvgIpc) is 2.28. The number of hydrogen-bond acceptors (Lipinski definition) is 2. The number of nitrogens with one attached hydrogen (secondary N) is 1. The van der Waals surface area contributed by atoms with E-state index in [0.717, 1.165) is 5.56 Å². The van der Waals surface area contributed by atoms with E-state index in [1.54, 1.807) is 6.07 Å². The van der Waals surface area contributed by atoms with Crippen molar-refractivity contribution in [2.24, 2.45) is 11.8 Å². The van der Waals surface area contributed by atoms with Crippen LogP contribution in [0, 0.1) is 23.2 Å². The second kappa shape index (κ2) is 6.27. The number of amides is 1. The van der Waals surface area contributed by atoms with Gasteiger partial charge >= 0.3 is 0 Å². The van der Waals surface area contributed by atoms with Crippen LogP contribution in [0.1, 0.15) is 19.4 Å². The average molecular weight is 251 g/mol. The summed E-state index contributed by atoms with van der Waals surface area (Å²) in [6, 6.07) is 9.32. The molecule has 0 heterocycles. The molecular weight excluding hydrogens is 236 g/mol. The van der Waals surface area contributed by atoms with Gasteiger partial charge < -0.3 is 5.32 Å². The van der Waals surface area contributed by atoms with Crippen LogP contribution in [-0.4, -0.2) is 5.91 Å². The third-order valence-electron chi connectivity index (χ3n) is 2.50. The van der Waals surface area contributed by atoms with Crippen molar-refractivity contribution in [2.45, 2.75) is 20.4 Å². The quantitative estimate of drug-likeness (QED) is 0.893. The zero-order valence-electron chi connectivity index (χ0n) is 9.90. The molecule has 0 radical (unpaired) electrons. The summed E-state index contributed by atoms with van der Waals surface area (Å²) in [6.45, 7) is 4.05. The van der Waals surface area contributed by atoms with E-state index in [-0.39, 0.29) is 11.8 Å². The molecule has 0 aliphatic heterocycles. The van der Waals surface area contributed by atoms with Crippen LogP contribution in [0.3, 0.4) is 0 Å². The number of nitrogens with zero attached hydrogens (tertiary/aromatic N) is 1. The Balaban J connectivity index is 2.60. The summed E-state index contributed by atoms with van der Waals surface area (Å²) in [6.07, 6.45) is 0. The first-order valence-corrected chi connectivity index (χ1v) is 5.84. The van der Waals surface area contributed by atoms with Gasteiger partial charge in [0.15, 0.2) is 0 Å². The van der Waals surface area contributed by atoms with E-state index in [9.17, 15) is 4.79 Å². The Morgan fingerprint density at radius 1 is 1.47 bits per heavy atom. The molecule has 90 valence electrons. The summed E-state index contributed by atoms with van der Waals surface area (Å²) < 4.78 is 0. The molecule has 1 aromatic carbocycles. The van der Waals surface area contributed by atoms with Crippen molar-refractivity contribution in [3.05, 3.63) is 34.9 Å². The van der Waals surface area contributed by atoms with Crippen LogP contribution >= 0.6 is 11.6 Å². The van der Waals surface area contributed by atoms with E-state index in [1.807, 2.05) is 38.1 Å². The van der Waals surface area contributed by atoms with E-state index < -0.39 is 5.92 Å². The smallest absolute Gasteiger partial charge is 0.237 e. The summed E-state index contributed by atoms with van der Waals surface area (Å²) in [7, 11) is 0. The summed E-state index contributed by atoms with van der Waals surface area (Å²) in [4.78, 5) is 11.7. The van der Waals surface area contributed by atoms with Crippen LogP contribution in [0.2, 0.25) is 5.02 Å². The molecule has 0 saturated carbocycles. The Hall–Kier alpha value is -1.53. The highest BCUT2D eigenvalue weighted by Crippen LogP contribution is 2.15. The van der Waals surface area contributed by atoms with Crippen LogP contribution in [0.5, 0.6) is 0 Å². The zero-order valence-corrected chi connectivity index (χ0v) is 10.7. The third kappa shape index (κ3) is 3.76. The van der Waals surface area contributed by atoms with Gasteiger partial charge in [-0.3, -0.25) is 4.79 Å². The molecule has 1 aromatic rings. The van der Waals surface area contributed by atoms with Gasteiger partial charge in [-0.15, -0.1) is 0 Å². The molecule has 0 fully saturated rings. The molecule has 1 rings (SSSR count). The monoisotopic (exact) mass is 250 g/mol. The highest BCUT2D eigenvalue weighted by Gasteiger charge is 2.21. The van der Waals surface area contributed by atoms with Crippen LogP contribution in [0.4, 0.5) is 0 Å². The van der Waals surface area contributed by atoms with Crippen molar-refractivity contribution in [2.75, 3.05) is 0 Å². The topological polar surface area (TPSA) is 52.9 Å². The minimum absolute atomic E-state index is 0.00578. The lowest BCUT2D eigenvalue weighted by atomic mass is 9.96. The van der Waals surface area contributed by atoms with Crippen molar-refractivity contribution in [1.29, 1.82) is 5.26 Å². The van der Waals surface area contributed by atoms with Gasteiger partial charge in [0.25, 0.3) is 0 Å². The third-order valence-corrected chi connectivity index (χ3v) is 2.87. The minimum atomic E-state index is -0.613. The number of carbonyl (C=O) groups is 1. The standard InChI is InChI=1S/C13H15ClN2O/c1-9(2)11(7-15)13(17)16-8-10-5-3-4-6-12(10)14/h3-6,9,11H,8H2,1-2H3,(H,16,17). The maximum Gasteiger partial charge on any atom is 0.237 e. The molecule has 0 aromatic heterocycles. The maximum absolute atomic E-state index is 11.7. The molecule has 4 heteroatoms. The molecule has 0 saturated heterocycles. The van der Waals surface area contributed by atoms with E-state index in [0.29, 0.717) is 11.6 Å². The maximum atomic E-state index is 11.7. The predicted octanol–water partition coefficient (Wildman–Crippen LogP) is 2.75. The van der Waals surface area contributed by atoms with Crippen molar-refractivity contribution >= 4 is 17.5 Å². The van der Waals surface area contributed by atoms with Gasteiger partial charge in [0.05, 0.1) is 6.07 Å². The molecule has 17 heavy (non-hydrogen) atoms. The molecule has 1 unspecified atom stereocenters. The molecule has 0 aliphatic carbocycles. The fourth-order valence-electron chi connectivity index (χ4n) is 1.44. The number of rotatable bonds is 4. The summed E-state index contributed by atoms with van der Waals surface area (Å²) in [5.74, 6) is -0.855. The lowest BCUT2D eigenvalue weighted by molar-refractivity contribution is -0.124. The lowest BCUT2D eigenvalue weighted by Gasteiger charge is -2.13. The Morgan fingerprint density at radius 3 is 2.65 bits per heavy atom. The van der Waals surface area contributed by atoms with Crippen LogP contribution in [-0.2, 0) is 11.3 Å². The second-order valence-electron chi connectivity index (χ2n) is 4.16. The first-order valence-electron chi connectivity index (χ1n) is 5.47. The normalized spacial score (nSPS) is 11.9. The largest absolute Gasteiger partial charge is 0.351 e. The Morgan fingerprint density at radius 2 is 2.12 bits per heavy atom. The lowest BCUT2D eigenvalue weighted by Crippen LogP contribution is -2.32. The van der Waals surface area contributed by atoms with E-state index >= 15 is 0 Å². The molecule has 0 aliphatic rings. The number of benzene rings is 1. The van der Waals surface area contributed by atoms with Crippen LogP contribution in [0.25, 0.3) is 0 Å². The summed E-state index contributed by atoms with van der Waals surface area (Å²) in [5, 5.41) is 12.2. The summed E-state index contributed by atoms with van der Waals surface area (Å²) in [5.41, 5.74) is 0.850. The highest BCUT2D eigenvalue weighted by atomic mass is 35.5. The zero-order chi connectivity index (χ0) is 12.8. The molecule has 3 nitrogen and oxygen atoms in total. The van der Waals surface area contributed by atoms with Crippen molar-refractivity contribution in [3.8, 4) is 6.07 Å². The first-order chi connectivity index (χ1) is 8.06. The molecule has 1 atom stereocenters. The van der Waals surface area contributed by atoms with Gasteiger partial charge in [0, 0.05) is 11.6 Å². The SMILES string of the molecule is CC(C)C(C#N)C(=O)NCc1ccccc1Cl. The van der Waals surface area contributed by atoms with Crippen LogP contribution in [0.15, 0.2) is 24.3 Å². The van der Waals surface area contributed by atoms with Crippen LogP contribution < -0.4 is 5.32 Å². The Bertz CT molecular complexity index is 437.